The molecular weight excluding hydrogens is 204 g/mol. The summed E-state index contributed by atoms with van der Waals surface area (Å²) in [6, 6.07) is 1.37. The van der Waals surface area contributed by atoms with Crippen LogP contribution in [0.5, 0.6) is 0 Å². The van der Waals surface area contributed by atoms with Gasteiger partial charge in [-0.05, 0) is 6.42 Å². The Labute approximate surface area is 85.9 Å². The molecule has 1 aliphatic heterocycles. The average molecular weight is 213 g/mol. The molecule has 1 fully saturated rings. The van der Waals surface area contributed by atoms with Gasteiger partial charge in [0.2, 0.25) is 5.91 Å². The van der Waals surface area contributed by atoms with Crippen molar-refractivity contribution in [2.24, 2.45) is 5.73 Å². The van der Waals surface area contributed by atoms with E-state index in [1.165, 1.54) is 6.33 Å². The van der Waals surface area contributed by atoms with Gasteiger partial charge in [-0.1, -0.05) is 11.6 Å². The Morgan fingerprint density at radius 2 is 2.43 bits per heavy atom. The number of aromatic nitrogens is 2. The lowest BCUT2D eigenvalue weighted by Gasteiger charge is -2.39. The lowest BCUT2D eigenvalue weighted by Crippen LogP contribution is -2.55. The minimum atomic E-state index is -0.328. The number of carbonyl (C=O) groups is 1. The standard InChI is InChI=1S/C8H9ClN4O/c9-6-3-7(12-4-11-6)13-2-1-5(13)8(10)14/h3-5H,1-2H2,(H2,10,14). The molecule has 0 radical (unpaired) electrons. The minimum absolute atomic E-state index is 0.249. The topological polar surface area (TPSA) is 72.1 Å². The molecule has 6 heteroatoms. The maximum atomic E-state index is 11.0. The largest absolute Gasteiger partial charge is 0.368 e. The summed E-state index contributed by atoms with van der Waals surface area (Å²) in [6.07, 6.45) is 2.14. The fourth-order valence-electron chi connectivity index (χ4n) is 1.44. The first-order valence-corrected chi connectivity index (χ1v) is 4.60. The average Bonchev–Trinajstić information content (AvgIpc) is 2.00. The fourth-order valence-corrected chi connectivity index (χ4v) is 1.58. The van der Waals surface area contributed by atoms with Crippen molar-refractivity contribution in [2.45, 2.75) is 12.5 Å². The third kappa shape index (κ3) is 1.50. The van der Waals surface area contributed by atoms with E-state index in [9.17, 15) is 4.79 Å². The summed E-state index contributed by atoms with van der Waals surface area (Å²) in [5, 5.41) is 0.366. The summed E-state index contributed by atoms with van der Waals surface area (Å²) in [4.78, 5) is 20.5. The Kier molecular flexibility index (Phi) is 2.25. The SMILES string of the molecule is NC(=O)C1CCN1c1cc(Cl)ncn1. The van der Waals surface area contributed by atoms with Gasteiger partial charge in [-0.2, -0.15) is 0 Å². The van der Waals surface area contributed by atoms with E-state index < -0.39 is 0 Å². The maximum absolute atomic E-state index is 11.0. The molecule has 1 aromatic rings. The maximum Gasteiger partial charge on any atom is 0.240 e. The van der Waals surface area contributed by atoms with Gasteiger partial charge in [0.15, 0.2) is 0 Å². The number of primary amides is 1. The lowest BCUT2D eigenvalue weighted by molar-refractivity contribution is -0.120. The van der Waals surface area contributed by atoms with Gasteiger partial charge in [0, 0.05) is 12.6 Å². The van der Waals surface area contributed by atoms with Gasteiger partial charge in [0.1, 0.15) is 23.3 Å². The van der Waals surface area contributed by atoms with Crippen LogP contribution >= 0.6 is 11.6 Å². The van der Waals surface area contributed by atoms with Crippen molar-refractivity contribution in [3.8, 4) is 0 Å². The summed E-state index contributed by atoms with van der Waals surface area (Å²) in [5.41, 5.74) is 5.21. The first-order chi connectivity index (χ1) is 6.68. The van der Waals surface area contributed by atoms with Crippen molar-refractivity contribution >= 4 is 23.3 Å². The monoisotopic (exact) mass is 212 g/mol. The molecule has 1 saturated heterocycles. The minimum Gasteiger partial charge on any atom is -0.368 e. The molecule has 0 saturated carbocycles. The van der Waals surface area contributed by atoms with E-state index >= 15 is 0 Å². The van der Waals surface area contributed by atoms with Crippen LogP contribution in [0.25, 0.3) is 0 Å². The number of hydrogen-bond acceptors (Lipinski definition) is 4. The number of nitrogens with two attached hydrogens (primary N) is 1. The van der Waals surface area contributed by atoms with Crippen molar-refractivity contribution in [3.63, 3.8) is 0 Å². The van der Waals surface area contributed by atoms with Crippen molar-refractivity contribution in [1.82, 2.24) is 9.97 Å². The van der Waals surface area contributed by atoms with Gasteiger partial charge in [0.05, 0.1) is 0 Å². The van der Waals surface area contributed by atoms with E-state index in [-0.39, 0.29) is 11.9 Å². The van der Waals surface area contributed by atoms with Crippen LogP contribution in [0.2, 0.25) is 5.15 Å². The Morgan fingerprint density at radius 3 is 2.93 bits per heavy atom. The predicted molar refractivity (Wildman–Crippen MR) is 52.0 cm³/mol. The Hall–Kier alpha value is -1.36. The molecule has 0 aromatic carbocycles. The number of carbonyl (C=O) groups excluding carboxylic acids is 1. The highest BCUT2D eigenvalue weighted by molar-refractivity contribution is 6.29. The Balaban J connectivity index is 2.20. The van der Waals surface area contributed by atoms with Gasteiger partial charge >= 0.3 is 0 Å². The molecule has 5 nitrogen and oxygen atoms in total. The molecule has 0 bridgehead atoms. The van der Waals surface area contributed by atoms with Crippen LogP contribution in [-0.4, -0.2) is 28.5 Å². The number of amides is 1. The van der Waals surface area contributed by atoms with E-state index in [4.69, 9.17) is 17.3 Å². The smallest absolute Gasteiger partial charge is 0.240 e. The molecule has 1 aliphatic rings. The molecule has 1 atom stereocenters. The van der Waals surface area contributed by atoms with E-state index in [0.717, 1.165) is 13.0 Å². The van der Waals surface area contributed by atoms with Gasteiger partial charge in [-0.25, -0.2) is 9.97 Å². The van der Waals surface area contributed by atoms with Crippen LogP contribution in [0.15, 0.2) is 12.4 Å². The zero-order valence-electron chi connectivity index (χ0n) is 7.35. The number of rotatable bonds is 2. The number of hydrogen-bond donors (Lipinski definition) is 1. The highest BCUT2D eigenvalue weighted by atomic mass is 35.5. The summed E-state index contributed by atoms with van der Waals surface area (Å²) >= 11 is 5.70. The molecule has 1 aromatic heterocycles. The number of halogens is 1. The van der Waals surface area contributed by atoms with Gasteiger partial charge < -0.3 is 10.6 Å². The molecule has 2 heterocycles. The highest BCUT2D eigenvalue weighted by Crippen LogP contribution is 2.25. The van der Waals surface area contributed by atoms with E-state index in [0.29, 0.717) is 11.0 Å². The second-order valence-corrected chi connectivity index (χ2v) is 3.49. The van der Waals surface area contributed by atoms with Crippen LogP contribution < -0.4 is 10.6 Å². The summed E-state index contributed by atoms with van der Waals surface area (Å²) in [5.74, 6) is 0.325. The van der Waals surface area contributed by atoms with Crippen molar-refractivity contribution in [1.29, 1.82) is 0 Å². The third-order valence-corrected chi connectivity index (χ3v) is 2.47. The zero-order valence-corrected chi connectivity index (χ0v) is 8.11. The summed E-state index contributed by atoms with van der Waals surface area (Å²) in [7, 11) is 0. The lowest BCUT2D eigenvalue weighted by atomic mass is 10.0. The predicted octanol–water partition coefficient (Wildman–Crippen LogP) is 0.194. The van der Waals surface area contributed by atoms with Crippen molar-refractivity contribution < 1.29 is 4.79 Å². The Bertz CT molecular complexity index is 370. The first kappa shape index (κ1) is 9.21. The molecule has 1 unspecified atom stereocenters. The molecule has 74 valence electrons. The molecule has 14 heavy (non-hydrogen) atoms. The summed E-state index contributed by atoms with van der Waals surface area (Å²) in [6.45, 7) is 0.779. The highest BCUT2D eigenvalue weighted by Gasteiger charge is 2.33. The summed E-state index contributed by atoms with van der Waals surface area (Å²) < 4.78 is 0. The molecule has 2 N–H and O–H groups in total. The second kappa shape index (κ2) is 3.42. The zero-order chi connectivity index (χ0) is 10.1. The van der Waals surface area contributed by atoms with Crippen LogP contribution in [0.1, 0.15) is 6.42 Å². The quantitative estimate of drug-likeness (QED) is 0.711. The number of anilines is 1. The fraction of sp³-hybridized carbons (Fsp3) is 0.375. The first-order valence-electron chi connectivity index (χ1n) is 4.22. The van der Waals surface area contributed by atoms with E-state index in [2.05, 4.69) is 9.97 Å². The van der Waals surface area contributed by atoms with Crippen LogP contribution in [0, 0.1) is 0 Å². The van der Waals surface area contributed by atoms with E-state index in [1.54, 1.807) is 6.07 Å². The van der Waals surface area contributed by atoms with Crippen molar-refractivity contribution in [3.05, 3.63) is 17.5 Å². The normalized spacial score (nSPS) is 20.4. The molecular formula is C8H9ClN4O. The van der Waals surface area contributed by atoms with Gasteiger partial charge in [-0.15, -0.1) is 0 Å². The molecule has 2 rings (SSSR count). The molecule has 0 spiro atoms. The van der Waals surface area contributed by atoms with Crippen LogP contribution in [0.4, 0.5) is 5.82 Å². The third-order valence-electron chi connectivity index (χ3n) is 2.26. The van der Waals surface area contributed by atoms with Crippen molar-refractivity contribution in [2.75, 3.05) is 11.4 Å². The van der Waals surface area contributed by atoms with Crippen LogP contribution in [0.3, 0.4) is 0 Å². The number of nitrogens with zero attached hydrogens (tertiary/aromatic N) is 3. The Morgan fingerprint density at radius 1 is 1.64 bits per heavy atom. The van der Waals surface area contributed by atoms with Crippen LogP contribution in [-0.2, 0) is 4.79 Å². The second-order valence-electron chi connectivity index (χ2n) is 3.10. The van der Waals surface area contributed by atoms with Gasteiger partial charge in [0.25, 0.3) is 0 Å². The molecule has 0 aliphatic carbocycles. The molecule has 1 amide bonds. The van der Waals surface area contributed by atoms with E-state index in [1.807, 2.05) is 4.90 Å². The van der Waals surface area contributed by atoms with Gasteiger partial charge in [-0.3, -0.25) is 4.79 Å².